The standard InChI is InChI=1S/C15H20N4O2.2ClH/c1-3-15(4-2,10-16)18-14(20)12-9-13(21-19-12)11-5-7-17-8-6-11;;/h5-9H,3-4,10,16H2,1-2H3,(H,18,20);2*1H. The van der Waals surface area contributed by atoms with Gasteiger partial charge in [0.1, 0.15) is 0 Å². The molecule has 23 heavy (non-hydrogen) atoms. The number of nitrogens with zero attached hydrogens (tertiary/aromatic N) is 2. The topological polar surface area (TPSA) is 94.0 Å². The fraction of sp³-hybridized carbons (Fsp3) is 0.400. The molecule has 0 radical (unpaired) electrons. The number of aromatic nitrogens is 2. The third kappa shape index (κ3) is 4.92. The second kappa shape index (κ2) is 9.50. The average molecular weight is 361 g/mol. The van der Waals surface area contributed by atoms with Gasteiger partial charge in [0.2, 0.25) is 0 Å². The quantitative estimate of drug-likeness (QED) is 0.825. The zero-order valence-electron chi connectivity index (χ0n) is 13.1. The number of pyridine rings is 1. The minimum Gasteiger partial charge on any atom is -0.355 e. The third-order valence-corrected chi connectivity index (χ3v) is 3.83. The number of nitrogens with two attached hydrogens (primary N) is 1. The molecule has 2 aromatic heterocycles. The summed E-state index contributed by atoms with van der Waals surface area (Å²) in [7, 11) is 0. The minimum atomic E-state index is -0.396. The molecule has 0 saturated carbocycles. The third-order valence-electron chi connectivity index (χ3n) is 3.83. The predicted octanol–water partition coefficient (Wildman–Crippen LogP) is 2.83. The summed E-state index contributed by atoms with van der Waals surface area (Å²) in [4.78, 5) is 16.2. The molecule has 3 N–H and O–H groups in total. The van der Waals surface area contributed by atoms with E-state index in [9.17, 15) is 4.79 Å². The number of hydrogen-bond acceptors (Lipinski definition) is 5. The van der Waals surface area contributed by atoms with Crippen LogP contribution in [0.15, 0.2) is 35.1 Å². The first-order chi connectivity index (χ1) is 10.1. The summed E-state index contributed by atoms with van der Waals surface area (Å²) < 4.78 is 5.22. The highest BCUT2D eigenvalue weighted by Gasteiger charge is 2.28. The second-order valence-corrected chi connectivity index (χ2v) is 4.96. The van der Waals surface area contributed by atoms with Gasteiger partial charge in [-0.3, -0.25) is 9.78 Å². The lowest BCUT2D eigenvalue weighted by molar-refractivity contribution is 0.0886. The molecule has 0 spiro atoms. The van der Waals surface area contributed by atoms with Crippen molar-refractivity contribution >= 4 is 30.7 Å². The van der Waals surface area contributed by atoms with E-state index in [2.05, 4.69) is 15.5 Å². The molecule has 0 aliphatic heterocycles. The Morgan fingerprint density at radius 1 is 1.26 bits per heavy atom. The van der Waals surface area contributed by atoms with Crippen LogP contribution < -0.4 is 11.1 Å². The van der Waals surface area contributed by atoms with Crippen molar-refractivity contribution in [3.63, 3.8) is 0 Å². The van der Waals surface area contributed by atoms with Crippen molar-refractivity contribution in [3.8, 4) is 11.3 Å². The van der Waals surface area contributed by atoms with Crippen LogP contribution in [0.2, 0.25) is 0 Å². The van der Waals surface area contributed by atoms with Crippen molar-refractivity contribution in [3.05, 3.63) is 36.3 Å². The molecule has 6 nitrogen and oxygen atoms in total. The van der Waals surface area contributed by atoms with Crippen molar-refractivity contribution in [2.75, 3.05) is 6.54 Å². The summed E-state index contributed by atoms with van der Waals surface area (Å²) in [5.74, 6) is 0.266. The number of nitrogens with one attached hydrogen (secondary N) is 1. The monoisotopic (exact) mass is 360 g/mol. The molecule has 0 aliphatic rings. The van der Waals surface area contributed by atoms with Gasteiger partial charge in [-0.25, -0.2) is 0 Å². The van der Waals surface area contributed by atoms with Crippen molar-refractivity contribution in [2.24, 2.45) is 5.73 Å². The summed E-state index contributed by atoms with van der Waals surface area (Å²) >= 11 is 0. The minimum absolute atomic E-state index is 0. The molecule has 0 aromatic carbocycles. The lowest BCUT2D eigenvalue weighted by Crippen LogP contribution is -2.52. The summed E-state index contributed by atoms with van der Waals surface area (Å²) in [5, 5.41) is 6.79. The molecular formula is C15H22Cl2N4O2. The number of carbonyl (C=O) groups is 1. The Bertz CT molecular complexity index is 592. The van der Waals surface area contributed by atoms with Crippen LogP contribution in [0.4, 0.5) is 0 Å². The Balaban J connectivity index is 0.00000242. The van der Waals surface area contributed by atoms with Crippen LogP contribution >= 0.6 is 24.8 Å². The predicted molar refractivity (Wildman–Crippen MR) is 94.1 cm³/mol. The summed E-state index contributed by atoms with van der Waals surface area (Å²) in [6.45, 7) is 4.39. The van der Waals surface area contributed by atoms with Gasteiger partial charge >= 0.3 is 0 Å². The average Bonchev–Trinajstić information content (AvgIpc) is 3.04. The number of rotatable bonds is 6. The SMILES string of the molecule is CCC(CC)(CN)NC(=O)c1cc(-c2ccncc2)on1.Cl.Cl. The number of hydrogen-bond donors (Lipinski definition) is 2. The fourth-order valence-electron chi connectivity index (χ4n) is 2.11. The Hall–Kier alpha value is -1.63. The highest BCUT2D eigenvalue weighted by Crippen LogP contribution is 2.20. The summed E-state index contributed by atoms with van der Waals surface area (Å²) in [6, 6.07) is 5.21. The molecule has 2 heterocycles. The van der Waals surface area contributed by atoms with E-state index in [1.165, 1.54) is 0 Å². The van der Waals surface area contributed by atoms with E-state index in [1.807, 2.05) is 13.8 Å². The Morgan fingerprint density at radius 2 is 1.87 bits per heavy atom. The lowest BCUT2D eigenvalue weighted by Gasteiger charge is -2.30. The van der Waals surface area contributed by atoms with E-state index in [-0.39, 0.29) is 36.4 Å². The van der Waals surface area contributed by atoms with Crippen molar-refractivity contribution in [1.29, 1.82) is 0 Å². The molecule has 8 heteroatoms. The van der Waals surface area contributed by atoms with Crippen LogP contribution in [0, 0.1) is 0 Å². The molecule has 0 atom stereocenters. The van der Waals surface area contributed by atoms with Gasteiger partial charge < -0.3 is 15.6 Å². The van der Waals surface area contributed by atoms with Crippen LogP contribution in [0.5, 0.6) is 0 Å². The van der Waals surface area contributed by atoms with Gasteiger partial charge in [0, 0.05) is 30.6 Å². The largest absolute Gasteiger partial charge is 0.355 e. The molecule has 0 unspecified atom stereocenters. The molecule has 0 saturated heterocycles. The Labute approximate surface area is 148 Å². The van der Waals surface area contributed by atoms with E-state index in [4.69, 9.17) is 10.3 Å². The molecule has 2 aromatic rings. The summed E-state index contributed by atoms with van der Waals surface area (Å²) in [6.07, 6.45) is 4.85. The maximum absolute atomic E-state index is 12.3. The number of halogens is 2. The van der Waals surface area contributed by atoms with Crippen molar-refractivity contribution in [2.45, 2.75) is 32.2 Å². The van der Waals surface area contributed by atoms with E-state index in [0.717, 1.165) is 18.4 Å². The first-order valence-electron chi connectivity index (χ1n) is 7.04. The van der Waals surface area contributed by atoms with Crippen LogP contribution in [0.3, 0.4) is 0 Å². The van der Waals surface area contributed by atoms with Gasteiger partial charge in [-0.2, -0.15) is 0 Å². The molecule has 0 fully saturated rings. The molecule has 128 valence electrons. The highest BCUT2D eigenvalue weighted by atomic mass is 35.5. The van der Waals surface area contributed by atoms with Gasteiger partial charge in [0.25, 0.3) is 5.91 Å². The van der Waals surface area contributed by atoms with Crippen LogP contribution in [-0.4, -0.2) is 28.1 Å². The van der Waals surface area contributed by atoms with Gasteiger partial charge in [0.15, 0.2) is 11.5 Å². The lowest BCUT2D eigenvalue weighted by atomic mass is 9.93. The van der Waals surface area contributed by atoms with Crippen molar-refractivity contribution in [1.82, 2.24) is 15.5 Å². The molecule has 0 bridgehead atoms. The number of amides is 1. The van der Waals surface area contributed by atoms with E-state index in [1.54, 1.807) is 30.6 Å². The van der Waals surface area contributed by atoms with Crippen LogP contribution in [0.25, 0.3) is 11.3 Å². The second-order valence-electron chi connectivity index (χ2n) is 4.96. The maximum Gasteiger partial charge on any atom is 0.273 e. The normalized spacial score (nSPS) is 10.4. The summed E-state index contributed by atoms with van der Waals surface area (Å²) in [5.41, 5.74) is 6.47. The van der Waals surface area contributed by atoms with Gasteiger partial charge in [0.05, 0.1) is 5.54 Å². The van der Waals surface area contributed by atoms with E-state index >= 15 is 0 Å². The molecule has 0 aliphatic carbocycles. The van der Waals surface area contributed by atoms with Crippen LogP contribution in [-0.2, 0) is 0 Å². The van der Waals surface area contributed by atoms with Crippen LogP contribution in [0.1, 0.15) is 37.2 Å². The molecule has 2 rings (SSSR count). The first kappa shape index (κ1) is 21.4. The molecule has 1 amide bonds. The van der Waals surface area contributed by atoms with Crippen molar-refractivity contribution < 1.29 is 9.32 Å². The maximum atomic E-state index is 12.3. The number of carbonyl (C=O) groups excluding carboxylic acids is 1. The smallest absolute Gasteiger partial charge is 0.273 e. The zero-order valence-corrected chi connectivity index (χ0v) is 14.7. The zero-order chi connectivity index (χ0) is 15.3. The van der Waals surface area contributed by atoms with Gasteiger partial charge in [-0.05, 0) is 25.0 Å². The fourth-order valence-corrected chi connectivity index (χ4v) is 2.11. The molecular weight excluding hydrogens is 339 g/mol. The van der Waals surface area contributed by atoms with Gasteiger partial charge in [-0.1, -0.05) is 19.0 Å². The highest BCUT2D eigenvalue weighted by molar-refractivity contribution is 5.93. The van der Waals surface area contributed by atoms with E-state index < -0.39 is 5.54 Å². The Kier molecular flexibility index (Phi) is 8.82. The Morgan fingerprint density at radius 3 is 2.39 bits per heavy atom. The van der Waals surface area contributed by atoms with Gasteiger partial charge in [-0.15, -0.1) is 24.8 Å². The van der Waals surface area contributed by atoms with E-state index in [0.29, 0.717) is 12.3 Å². The first-order valence-corrected chi connectivity index (χ1v) is 7.04.